The van der Waals surface area contributed by atoms with Crippen molar-refractivity contribution < 1.29 is 27.9 Å². The fourth-order valence-electron chi connectivity index (χ4n) is 8.07. The molecule has 0 aromatic heterocycles. The first-order valence-corrected chi connectivity index (χ1v) is 14.0. The van der Waals surface area contributed by atoms with Crippen molar-refractivity contribution in [2.45, 2.75) is 63.7 Å². The third kappa shape index (κ3) is 5.16. The Morgan fingerprint density at radius 1 is 0.900 bits per heavy atom. The molecule has 3 aromatic rings. The molecule has 4 aliphatic carbocycles. The van der Waals surface area contributed by atoms with Crippen molar-refractivity contribution in [2.24, 2.45) is 23.2 Å². The fourth-order valence-corrected chi connectivity index (χ4v) is 8.07. The molecular weight excluding hydrogens is 517 g/mol. The summed E-state index contributed by atoms with van der Waals surface area (Å²) in [6, 6.07) is 15.6. The van der Waals surface area contributed by atoms with E-state index >= 15 is 0 Å². The van der Waals surface area contributed by atoms with Crippen LogP contribution in [-0.4, -0.2) is 23.0 Å². The molecule has 4 saturated carbocycles. The maximum atomic E-state index is 13.4. The van der Waals surface area contributed by atoms with E-state index in [0.717, 1.165) is 47.9 Å². The van der Waals surface area contributed by atoms with Crippen molar-refractivity contribution >= 4 is 28.3 Å². The quantitative estimate of drug-likeness (QED) is 0.288. The average Bonchev–Trinajstić information content (AvgIpc) is 2.90. The van der Waals surface area contributed by atoms with Gasteiger partial charge in [0.25, 0.3) is 0 Å². The number of carbonyl (C=O) groups excluding carboxylic acids is 1. The molecule has 0 radical (unpaired) electrons. The molecule has 4 aliphatic rings. The van der Waals surface area contributed by atoms with Gasteiger partial charge in [0.05, 0.1) is 12.0 Å². The van der Waals surface area contributed by atoms with Crippen molar-refractivity contribution in [3.05, 3.63) is 77.4 Å². The molecule has 0 heterocycles. The molecule has 0 unspecified atom stereocenters. The standard InChI is InChI=1S/C32H33F3N2O3/c33-32(34,35)25-9-5-19(6-10-25)18-36-28-24(8-7-23-3-1-2-4-26(23)28)14-27(38)37-29(30(39)40)31-15-20-11-21(16-31)13-22(12-20)17-31/h1-10,20-22,29,36H,11-18H2,(H,37,38)(H,39,40)/t20?,21?,22?,29-,31?/m1/s1. The number of anilines is 1. The summed E-state index contributed by atoms with van der Waals surface area (Å²) >= 11 is 0. The highest BCUT2D eigenvalue weighted by Gasteiger charge is 2.56. The third-order valence-corrected chi connectivity index (χ3v) is 9.37. The van der Waals surface area contributed by atoms with Gasteiger partial charge in [-0.05, 0) is 84.9 Å². The van der Waals surface area contributed by atoms with Gasteiger partial charge in [-0.15, -0.1) is 0 Å². The molecule has 3 aromatic carbocycles. The minimum absolute atomic E-state index is 0.00365. The van der Waals surface area contributed by atoms with Crippen molar-refractivity contribution in [3.63, 3.8) is 0 Å². The number of halogens is 3. The normalized spacial score (nSPS) is 26.0. The Labute approximate surface area is 231 Å². The largest absolute Gasteiger partial charge is 0.480 e. The Bertz CT molecular complexity index is 1400. The fraction of sp³-hybridized carbons (Fsp3) is 0.438. The number of rotatable bonds is 8. The van der Waals surface area contributed by atoms with Crippen molar-refractivity contribution in [1.29, 1.82) is 0 Å². The SMILES string of the molecule is O=C(Cc1ccc2ccccc2c1NCc1ccc(C(F)(F)F)cc1)N[C@H](C(=O)O)C12CC3CC(CC(C3)C1)C2. The van der Waals surface area contributed by atoms with Crippen LogP contribution in [0.25, 0.3) is 10.8 Å². The van der Waals surface area contributed by atoms with Gasteiger partial charge < -0.3 is 15.7 Å². The van der Waals surface area contributed by atoms with Gasteiger partial charge in [-0.25, -0.2) is 4.79 Å². The van der Waals surface area contributed by atoms with Crippen molar-refractivity contribution in [3.8, 4) is 0 Å². The van der Waals surface area contributed by atoms with E-state index in [1.807, 2.05) is 36.4 Å². The first-order valence-electron chi connectivity index (χ1n) is 14.0. The molecule has 7 rings (SSSR count). The Kier molecular flexibility index (Phi) is 6.75. The lowest BCUT2D eigenvalue weighted by molar-refractivity contribution is -0.154. The van der Waals surface area contributed by atoms with Gasteiger partial charge in [0.2, 0.25) is 5.91 Å². The number of fused-ring (bicyclic) bond motifs is 1. The van der Waals surface area contributed by atoms with E-state index < -0.39 is 23.8 Å². The van der Waals surface area contributed by atoms with Gasteiger partial charge in [0, 0.05) is 23.0 Å². The van der Waals surface area contributed by atoms with E-state index in [1.54, 1.807) is 0 Å². The monoisotopic (exact) mass is 550 g/mol. The molecule has 0 aliphatic heterocycles. The second kappa shape index (κ2) is 10.1. The highest BCUT2D eigenvalue weighted by molar-refractivity contribution is 5.97. The van der Waals surface area contributed by atoms with E-state index in [9.17, 15) is 27.9 Å². The maximum Gasteiger partial charge on any atom is 0.416 e. The maximum absolute atomic E-state index is 13.4. The van der Waals surface area contributed by atoms with Crippen LogP contribution in [0.3, 0.4) is 0 Å². The van der Waals surface area contributed by atoms with E-state index in [1.165, 1.54) is 31.4 Å². The van der Waals surface area contributed by atoms with Crippen LogP contribution in [0.4, 0.5) is 18.9 Å². The summed E-state index contributed by atoms with van der Waals surface area (Å²) in [5.74, 6) is 0.384. The van der Waals surface area contributed by atoms with Gasteiger partial charge in [0.1, 0.15) is 6.04 Å². The highest BCUT2D eigenvalue weighted by atomic mass is 19.4. The number of alkyl halides is 3. The Balaban J connectivity index is 1.22. The zero-order chi connectivity index (χ0) is 28.1. The van der Waals surface area contributed by atoms with Crippen LogP contribution in [0.5, 0.6) is 0 Å². The number of aliphatic carboxylic acids is 1. The molecular formula is C32H33F3N2O3. The number of carbonyl (C=O) groups is 2. The van der Waals surface area contributed by atoms with Crippen molar-refractivity contribution in [2.75, 3.05) is 5.32 Å². The van der Waals surface area contributed by atoms with Crippen LogP contribution in [0.15, 0.2) is 60.7 Å². The highest BCUT2D eigenvalue weighted by Crippen LogP contribution is 2.61. The lowest BCUT2D eigenvalue weighted by Crippen LogP contribution is -2.60. The van der Waals surface area contributed by atoms with Gasteiger partial charge in [-0.3, -0.25) is 4.79 Å². The Morgan fingerprint density at radius 3 is 2.12 bits per heavy atom. The molecule has 0 spiro atoms. The smallest absolute Gasteiger partial charge is 0.416 e. The predicted molar refractivity (Wildman–Crippen MR) is 147 cm³/mol. The lowest BCUT2D eigenvalue weighted by Gasteiger charge is -2.58. The summed E-state index contributed by atoms with van der Waals surface area (Å²) in [6.45, 7) is 0.270. The van der Waals surface area contributed by atoms with Crippen LogP contribution >= 0.6 is 0 Å². The minimum atomic E-state index is -4.40. The van der Waals surface area contributed by atoms with Gasteiger partial charge in [-0.1, -0.05) is 48.5 Å². The zero-order valence-corrected chi connectivity index (χ0v) is 22.1. The molecule has 5 nitrogen and oxygen atoms in total. The van der Waals surface area contributed by atoms with Crippen LogP contribution in [0.1, 0.15) is 55.2 Å². The number of hydrogen-bond donors (Lipinski definition) is 3. The van der Waals surface area contributed by atoms with E-state index in [-0.39, 0.29) is 24.3 Å². The summed E-state index contributed by atoms with van der Waals surface area (Å²) in [6.07, 6.45) is 1.76. The molecule has 4 bridgehead atoms. The van der Waals surface area contributed by atoms with Gasteiger partial charge >= 0.3 is 12.1 Å². The summed E-state index contributed by atoms with van der Waals surface area (Å²) in [5, 5.41) is 18.3. The lowest BCUT2D eigenvalue weighted by atomic mass is 9.47. The second-order valence-corrected chi connectivity index (χ2v) is 12.2. The number of carboxylic acid groups (broad SMARTS) is 1. The molecule has 0 saturated heterocycles. The van der Waals surface area contributed by atoms with Gasteiger partial charge in [0.15, 0.2) is 0 Å². The molecule has 4 fully saturated rings. The summed E-state index contributed by atoms with van der Waals surface area (Å²) in [4.78, 5) is 25.9. The molecule has 8 heteroatoms. The zero-order valence-electron chi connectivity index (χ0n) is 22.1. The molecule has 3 N–H and O–H groups in total. The molecule has 210 valence electrons. The van der Waals surface area contributed by atoms with Crippen LogP contribution in [0, 0.1) is 23.2 Å². The molecule has 1 amide bonds. The summed E-state index contributed by atoms with van der Waals surface area (Å²) in [5.41, 5.74) is 1.02. The summed E-state index contributed by atoms with van der Waals surface area (Å²) < 4.78 is 38.9. The van der Waals surface area contributed by atoms with E-state index in [0.29, 0.717) is 28.9 Å². The average molecular weight is 551 g/mol. The number of carboxylic acids is 1. The third-order valence-electron chi connectivity index (χ3n) is 9.37. The molecule has 40 heavy (non-hydrogen) atoms. The first kappa shape index (κ1) is 26.7. The summed E-state index contributed by atoms with van der Waals surface area (Å²) in [7, 11) is 0. The number of amides is 1. The van der Waals surface area contributed by atoms with E-state index in [2.05, 4.69) is 10.6 Å². The van der Waals surface area contributed by atoms with Crippen LogP contribution in [0.2, 0.25) is 0 Å². The Morgan fingerprint density at radius 2 is 1.52 bits per heavy atom. The van der Waals surface area contributed by atoms with Crippen molar-refractivity contribution in [1.82, 2.24) is 5.32 Å². The predicted octanol–water partition coefficient (Wildman–Crippen LogP) is 6.80. The first-order chi connectivity index (χ1) is 19.1. The van der Waals surface area contributed by atoms with Crippen LogP contribution < -0.4 is 10.6 Å². The number of hydrogen-bond acceptors (Lipinski definition) is 3. The Hall–Kier alpha value is -3.55. The van der Waals surface area contributed by atoms with Crippen LogP contribution in [-0.2, 0) is 28.7 Å². The number of nitrogens with one attached hydrogen (secondary N) is 2. The van der Waals surface area contributed by atoms with E-state index in [4.69, 9.17) is 0 Å². The second-order valence-electron chi connectivity index (χ2n) is 12.2. The molecule has 1 atom stereocenters. The van der Waals surface area contributed by atoms with Gasteiger partial charge in [-0.2, -0.15) is 13.2 Å². The number of benzene rings is 3. The topological polar surface area (TPSA) is 78.4 Å². The minimum Gasteiger partial charge on any atom is -0.480 e.